The van der Waals surface area contributed by atoms with Crippen LogP contribution in [0.2, 0.25) is 0 Å². The molecule has 0 saturated heterocycles. The van der Waals surface area contributed by atoms with Crippen molar-refractivity contribution < 1.29 is 24.5 Å². The Bertz CT molecular complexity index is 883. The van der Waals surface area contributed by atoms with Crippen molar-refractivity contribution in [2.24, 2.45) is 11.3 Å². The minimum absolute atomic E-state index is 0.0991. The Hall–Kier alpha value is -0.850. The molecule has 174 valence electrons. The molecule has 5 nitrogen and oxygen atoms in total. The zero-order chi connectivity index (χ0) is 23.0. The normalized spacial score (nSPS) is 40.2. The summed E-state index contributed by atoms with van der Waals surface area (Å²) < 4.78 is 12.1. The van der Waals surface area contributed by atoms with Crippen molar-refractivity contribution >= 4 is 11.6 Å². The second-order valence-electron chi connectivity index (χ2n) is 11.3. The van der Waals surface area contributed by atoms with Crippen molar-refractivity contribution in [3.05, 3.63) is 34.8 Å². The molecule has 3 aliphatic rings. The molecule has 0 radical (unpaired) electrons. The SMILES string of the molecule is CC(C)[C@]1(O)[C@H](Cl)C=C2[C@@]3(C)CCc4c(coc4CO)[C@@H]3CC[C@@]2(O)[C@@H]1OC(C)(C)C. The molecule has 31 heavy (non-hydrogen) atoms. The lowest BCUT2D eigenvalue weighted by Crippen LogP contribution is -2.71. The van der Waals surface area contributed by atoms with Gasteiger partial charge in [0, 0.05) is 0 Å². The van der Waals surface area contributed by atoms with Gasteiger partial charge in [0.15, 0.2) is 0 Å². The Morgan fingerprint density at radius 3 is 2.52 bits per heavy atom. The molecule has 1 heterocycles. The Balaban J connectivity index is 1.85. The van der Waals surface area contributed by atoms with E-state index in [2.05, 4.69) is 6.92 Å². The van der Waals surface area contributed by atoms with Crippen molar-refractivity contribution in [2.75, 3.05) is 0 Å². The van der Waals surface area contributed by atoms with Crippen LogP contribution in [0.15, 0.2) is 22.3 Å². The highest BCUT2D eigenvalue weighted by molar-refractivity contribution is 6.23. The molecular weight excluding hydrogens is 416 g/mol. The minimum atomic E-state index is -1.39. The summed E-state index contributed by atoms with van der Waals surface area (Å²) in [6, 6.07) is 0. The minimum Gasteiger partial charge on any atom is -0.466 e. The molecule has 0 unspecified atom stereocenters. The number of aliphatic hydroxyl groups excluding tert-OH is 1. The lowest BCUT2D eigenvalue weighted by Gasteiger charge is -2.61. The van der Waals surface area contributed by atoms with Gasteiger partial charge in [-0.1, -0.05) is 26.8 Å². The van der Waals surface area contributed by atoms with E-state index in [1.165, 1.54) is 0 Å². The van der Waals surface area contributed by atoms with E-state index < -0.39 is 28.3 Å². The van der Waals surface area contributed by atoms with Gasteiger partial charge in [-0.2, -0.15) is 0 Å². The van der Waals surface area contributed by atoms with Gasteiger partial charge in [0.2, 0.25) is 0 Å². The van der Waals surface area contributed by atoms with Crippen LogP contribution in [0, 0.1) is 11.3 Å². The Labute approximate surface area is 190 Å². The van der Waals surface area contributed by atoms with Crippen LogP contribution < -0.4 is 0 Å². The molecule has 1 aromatic heterocycles. The van der Waals surface area contributed by atoms with Gasteiger partial charge in [-0.15, -0.1) is 11.6 Å². The maximum atomic E-state index is 12.2. The molecule has 0 aliphatic heterocycles. The highest BCUT2D eigenvalue weighted by Crippen LogP contribution is 2.63. The summed E-state index contributed by atoms with van der Waals surface area (Å²) in [4.78, 5) is 0. The lowest BCUT2D eigenvalue weighted by atomic mass is 9.49. The predicted octanol–water partition coefficient (Wildman–Crippen LogP) is 4.45. The van der Waals surface area contributed by atoms with Gasteiger partial charge >= 0.3 is 0 Å². The number of halogens is 1. The van der Waals surface area contributed by atoms with E-state index in [1.54, 1.807) is 6.26 Å². The summed E-state index contributed by atoms with van der Waals surface area (Å²) in [7, 11) is 0. The van der Waals surface area contributed by atoms with Crippen molar-refractivity contribution in [3.63, 3.8) is 0 Å². The third-order valence-corrected chi connectivity index (χ3v) is 8.57. The third kappa shape index (κ3) is 3.26. The van der Waals surface area contributed by atoms with Gasteiger partial charge in [0.25, 0.3) is 0 Å². The summed E-state index contributed by atoms with van der Waals surface area (Å²) in [5.74, 6) is 0.610. The quantitative estimate of drug-likeness (QED) is 0.466. The Kier molecular flexibility index (Phi) is 5.51. The first-order chi connectivity index (χ1) is 14.3. The van der Waals surface area contributed by atoms with Crippen LogP contribution >= 0.6 is 11.6 Å². The topological polar surface area (TPSA) is 83.1 Å². The van der Waals surface area contributed by atoms with E-state index in [0.717, 1.165) is 36.0 Å². The first-order valence-electron chi connectivity index (χ1n) is 11.5. The molecule has 1 saturated carbocycles. The Morgan fingerprint density at radius 1 is 1.26 bits per heavy atom. The molecule has 6 heteroatoms. The van der Waals surface area contributed by atoms with E-state index in [9.17, 15) is 15.3 Å². The molecule has 3 N–H and O–H groups in total. The summed E-state index contributed by atoms with van der Waals surface area (Å²) in [5, 5.41) is 33.0. The van der Waals surface area contributed by atoms with E-state index in [0.29, 0.717) is 12.2 Å². The van der Waals surface area contributed by atoms with Crippen molar-refractivity contribution in [1.29, 1.82) is 0 Å². The van der Waals surface area contributed by atoms with Crippen molar-refractivity contribution in [2.45, 2.75) is 108 Å². The Morgan fingerprint density at radius 2 is 1.94 bits per heavy atom. The third-order valence-electron chi connectivity index (χ3n) is 8.10. The zero-order valence-electron chi connectivity index (χ0n) is 19.5. The van der Waals surface area contributed by atoms with Gasteiger partial charge in [-0.3, -0.25) is 0 Å². The number of ether oxygens (including phenoxy) is 1. The largest absolute Gasteiger partial charge is 0.466 e. The first-order valence-corrected chi connectivity index (χ1v) is 11.9. The average Bonchev–Trinajstić information content (AvgIpc) is 3.09. The monoisotopic (exact) mass is 452 g/mol. The zero-order valence-corrected chi connectivity index (χ0v) is 20.3. The molecule has 1 fully saturated rings. The molecule has 0 bridgehead atoms. The predicted molar refractivity (Wildman–Crippen MR) is 120 cm³/mol. The average molecular weight is 453 g/mol. The number of alkyl halides is 1. The molecule has 1 aromatic rings. The fourth-order valence-electron chi connectivity index (χ4n) is 6.42. The summed E-state index contributed by atoms with van der Waals surface area (Å²) in [6.45, 7) is 11.8. The fraction of sp³-hybridized carbons (Fsp3) is 0.760. The number of hydrogen-bond donors (Lipinski definition) is 3. The van der Waals surface area contributed by atoms with Crippen LogP contribution in [-0.2, 0) is 17.8 Å². The van der Waals surface area contributed by atoms with Crippen LogP contribution in [-0.4, -0.2) is 43.6 Å². The van der Waals surface area contributed by atoms with Crippen molar-refractivity contribution in [1.82, 2.24) is 0 Å². The fourth-order valence-corrected chi connectivity index (χ4v) is 6.91. The van der Waals surface area contributed by atoms with Gasteiger partial charge in [-0.25, -0.2) is 0 Å². The van der Waals surface area contributed by atoms with E-state index in [-0.39, 0.29) is 23.9 Å². The van der Waals surface area contributed by atoms with Crippen LogP contribution in [0.1, 0.15) is 83.6 Å². The second-order valence-corrected chi connectivity index (χ2v) is 11.8. The lowest BCUT2D eigenvalue weighted by molar-refractivity contribution is -0.246. The summed E-state index contributed by atoms with van der Waals surface area (Å²) >= 11 is 6.88. The van der Waals surface area contributed by atoms with Gasteiger partial charge in [0.1, 0.15) is 29.7 Å². The molecule has 4 rings (SSSR count). The van der Waals surface area contributed by atoms with Crippen LogP contribution in [0.5, 0.6) is 0 Å². The number of rotatable bonds is 3. The smallest absolute Gasteiger partial charge is 0.132 e. The van der Waals surface area contributed by atoms with Gasteiger partial charge in [0.05, 0.1) is 17.2 Å². The van der Waals surface area contributed by atoms with Crippen molar-refractivity contribution in [3.8, 4) is 0 Å². The molecular formula is C25H37ClO5. The first kappa shape index (κ1) is 23.3. The maximum Gasteiger partial charge on any atom is 0.132 e. The highest BCUT2D eigenvalue weighted by Gasteiger charge is 2.66. The number of aliphatic hydroxyl groups is 3. The standard InChI is InChI=1S/C25H37ClO5/c1-14(2)25(29)20(26)11-19-23(6)9-7-15-16(13-30-18(15)12-27)17(23)8-10-24(19,28)21(25)31-22(3,4)5/h11,13-14,17,20-21,27-29H,7-10,12H2,1-6H3/t17-,20+,21-,23-,24-,25-/m0/s1. The van der Waals surface area contributed by atoms with Gasteiger partial charge < -0.3 is 24.5 Å². The second kappa shape index (κ2) is 7.33. The number of furan rings is 1. The number of hydrogen-bond acceptors (Lipinski definition) is 5. The molecule has 3 aliphatic carbocycles. The van der Waals surface area contributed by atoms with Crippen LogP contribution in [0.4, 0.5) is 0 Å². The van der Waals surface area contributed by atoms with Crippen LogP contribution in [0.3, 0.4) is 0 Å². The summed E-state index contributed by atoms with van der Waals surface area (Å²) in [5.41, 5.74) is -0.463. The summed E-state index contributed by atoms with van der Waals surface area (Å²) in [6.07, 6.45) is 5.66. The van der Waals surface area contributed by atoms with Crippen LogP contribution in [0.25, 0.3) is 0 Å². The number of fused-ring (bicyclic) bond motifs is 5. The van der Waals surface area contributed by atoms with E-state index in [1.807, 2.05) is 40.7 Å². The van der Waals surface area contributed by atoms with Gasteiger partial charge in [-0.05, 0) is 80.4 Å². The molecule has 0 amide bonds. The molecule has 0 spiro atoms. The van der Waals surface area contributed by atoms with E-state index in [4.69, 9.17) is 20.8 Å². The maximum absolute atomic E-state index is 12.2. The molecule has 6 atom stereocenters. The molecule has 0 aromatic carbocycles. The highest BCUT2D eigenvalue weighted by atomic mass is 35.5. The van der Waals surface area contributed by atoms with E-state index >= 15 is 0 Å².